The van der Waals surface area contributed by atoms with Crippen LogP contribution in [-0.4, -0.2) is 51.5 Å². The average Bonchev–Trinajstić information content (AvgIpc) is 3.41. The fraction of sp³-hybridized carbons (Fsp3) is 0.412. The second kappa shape index (κ2) is 7.63. The highest BCUT2D eigenvalue weighted by Crippen LogP contribution is 2.28. The van der Waals surface area contributed by atoms with Crippen LogP contribution in [-0.2, 0) is 6.54 Å². The molecule has 9 heteroatoms. The molecule has 1 amide bonds. The van der Waals surface area contributed by atoms with Crippen LogP contribution in [0.5, 0.6) is 0 Å². The number of rotatable bonds is 6. The molecule has 0 aliphatic carbocycles. The van der Waals surface area contributed by atoms with Gasteiger partial charge in [0.15, 0.2) is 10.8 Å². The normalized spacial score (nSPS) is 14.3. The van der Waals surface area contributed by atoms with Gasteiger partial charge in [-0.2, -0.15) is 5.10 Å². The van der Waals surface area contributed by atoms with Crippen LogP contribution in [0, 0.1) is 0 Å². The SMILES string of the molecule is CSc1nc(N2CCCC2)c2cnn(CCNC(=O)c3cccs3)c2n1. The fourth-order valence-corrected chi connectivity index (χ4v) is 4.11. The maximum atomic E-state index is 12.1. The summed E-state index contributed by atoms with van der Waals surface area (Å²) in [6, 6.07) is 3.70. The number of amides is 1. The van der Waals surface area contributed by atoms with Crippen molar-refractivity contribution in [1.29, 1.82) is 0 Å². The molecule has 1 N–H and O–H groups in total. The van der Waals surface area contributed by atoms with Crippen molar-refractivity contribution in [2.75, 3.05) is 30.8 Å². The van der Waals surface area contributed by atoms with E-state index in [9.17, 15) is 4.79 Å². The molecule has 1 saturated heterocycles. The first-order valence-electron chi connectivity index (χ1n) is 8.60. The first kappa shape index (κ1) is 17.3. The minimum absolute atomic E-state index is 0.0475. The molecular weight excluding hydrogens is 368 g/mol. The number of thiophene rings is 1. The van der Waals surface area contributed by atoms with Gasteiger partial charge in [-0.25, -0.2) is 14.6 Å². The van der Waals surface area contributed by atoms with Gasteiger partial charge in [-0.15, -0.1) is 11.3 Å². The molecule has 0 atom stereocenters. The number of aromatic nitrogens is 4. The molecule has 136 valence electrons. The van der Waals surface area contributed by atoms with Crippen molar-refractivity contribution in [1.82, 2.24) is 25.1 Å². The van der Waals surface area contributed by atoms with Crippen LogP contribution in [0.1, 0.15) is 22.5 Å². The second-order valence-corrected chi connectivity index (χ2v) is 7.79. The highest BCUT2D eigenvalue weighted by Gasteiger charge is 2.20. The van der Waals surface area contributed by atoms with E-state index in [2.05, 4.69) is 20.3 Å². The van der Waals surface area contributed by atoms with Gasteiger partial charge in [0.1, 0.15) is 5.82 Å². The Labute approximate surface area is 159 Å². The van der Waals surface area contributed by atoms with Gasteiger partial charge in [0, 0.05) is 19.6 Å². The van der Waals surface area contributed by atoms with Gasteiger partial charge in [-0.1, -0.05) is 17.8 Å². The van der Waals surface area contributed by atoms with Crippen molar-refractivity contribution in [3.8, 4) is 0 Å². The van der Waals surface area contributed by atoms with Crippen LogP contribution < -0.4 is 10.2 Å². The molecule has 0 saturated carbocycles. The van der Waals surface area contributed by atoms with Crippen LogP contribution in [0.3, 0.4) is 0 Å². The quantitative estimate of drug-likeness (QED) is 0.517. The van der Waals surface area contributed by atoms with Gasteiger partial charge in [0.05, 0.1) is 23.0 Å². The monoisotopic (exact) mass is 388 g/mol. The van der Waals surface area contributed by atoms with E-state index >= 15 is 0 Å². The van der Waals surface area contributed by atoms with Crippen LogP contribution in [0.2, 0.25) is 0 Å². The zero-order valence-corrected chi connectivity index (χ0v) is 16.1. The Morgan fingerprint density at radius 2 is 2.19 bits per heavy atom. The number of hydrogen-bond acceptors (Lipinski definition) is 7. The van der Waals surface area contributed by atoms with Gasteiger partial charge in [-0.05, 0) is 30.5 Å². The van der Waals surface area contributed by atoms with Crippen molar-refractivity contribution in [2.45, 2.75) is 24.5 Å². The summed E-state index contributed by atoms with van der Waals surface area (Å²) in [5, 5.41) is 11.1. The lowest BCUT2D eigenvalue weighted by atomic mass is 10.3. The molecule has 4 heterocycles. The number of fused-ring (bicyclic) bond motifs is 1. The third-order valence-corrected chi connectivity index (χ3v) is 5.81. The summed E-state index contributed by atoms with van der Waals surface area (Å²) < 4.78 is 1.85. The van der Waals surface area contributed by atoms with E-state index in [-0.39, 0.29) is 5.91 Å². The number of carbonyl (C=O) groups is 1. The molecule has 0 bridgehead atoms. The third-order valence-electron chi connectivity index (χ3n) is 4.40. The standard InChI is InChI=1S/C17H20N6OS2/c1-25-17-20-14(22-7-2-3-8-22)12-11-19-23(15(12)21-17)9-6-18-16(24)13-5-4-10-26-13/h4-5,10-11H,2-3,6-9H2,1H3,(H,18,24). The molecule has 3 aromatic rings. The van der Waals surface area contributed by atoms with E-state index in [1.54, 1.807) is 0 Å². The number of thioether (sulfide) groups is 1. The maximum absolute atomic E-state index is 12.1. The summed E-state index contributed by atoms with van der Waals surface area (Å²) in [6.07, 6.45) is 6.22. The summed E-state index contributed by atoms with van der Waals surface area (Å²) >= 11 is 2.98. The van der Waals surface area contributed by atoms with Crippen molar-refractivity contribution < 1.29 is 4.79 Å². The topological polar surface area (TPSA) is 75.9 Å². The molecule has 4 rings (SSSR count). The summed E-state index contributed by atoms with van der Waals surface area (Å²) in [7, 11) is 0. The Balaban J connectivity index is 1.54. The van der Waals surface area contributed by atoms with Gasteiger partial charge >= 0.3 is 0 Å². The lowest BCUT2D eigenvalue weighted by Gasteiger charge is -2.17. The maximum Gasteiger partial charge on any atom is 0.261 e. The van der Waals surface area contributed by atoms with E-state index in [4.69, 9.17) is 4.98 Å². The van der Waals surface area contributed by atoms with E-state index in [1.807, 2.05) is 34.6 Å². The van der Waals surface area contributed by atoms with Crippen LogP contribution >= 0.6 is 23.1 Å². The van der Waals surface area contributed by atoms with Crippen molar-refractivity contribution in [2.24, 2.45) is 0 Å². The Morgan fingerprint density at radius 1 is 1.35 bits per heavy atom. The van der Waals surface area contributed by atoms with Gasteiger partial charge < -0.3 is 10.2 Å². The van der Waals surface area contributed by atoms with Gasteiger partial charge in [-0.3, -0.25) is 4.79 Å². The predicted molar refractivity (Wildman–Crippen MR) is 105 cm³/mol. The number of anilines is 1. The first-order chi connectivity index (χ1) is 12.8. The Bertz CT molecular complexity index is 902. The summed E-state index contributed by atoms with van der Waals surface area (Å²) in [4.78, 5) is 24.5. The van der Waals surface area contributed by atoms with Crippen molar-refractivity contribution in [3.63, 3.8) is 0 Å². The summed E-state index contributed by atoms with van der Waals surface area (Å²) in [5.41, 5.74) is 0.830. The Kier molecular flexibility index (Phi) is 5.07. The second-order valence-electron chi connectivity index (χ2n) is 6.07. The summed E-state index contributed by atoms with van der Waals surface area (Å²) in [6.45, 7) is 3.14. The van der Waals surface area contributed by atoms with E-state index < -0.39 is 0 Å². The molecule has 0 radical (unpaired) electrons. The molecular formula is C17H20N6OS2. The van der Waals surface area contributed by atoms with E-state index in [1.165, 1.54) is 35.9 Å². The zero-order valence-electron chi connectivity index (χ0n) is 14.5. The van der Waals surface area contributed by atoms with Crippen LogP contribution in [0.4, 0.5) is 5.82 Å². The van der Waals surface area contributed by atoms with Crippen LogP contribution in [0.25, 0.3) is 11.0 Å². The molecule has 0 aromatic carbocycles. The third kappa shape index (κ3) is 3.41. The summed E-state index contributed by atoms with van der Waals surface area (Å²) in [5.74, 6) is 0.930. The Morgan fingerprint density at radius 3 is 2.92 bits per heavy atom. The number of nitrogens with one attached hydrogen (secondary N) is 1. The average molecular weight is 389 g/mol. The lowest BCUT2D eigenvalue weighted by Crippen LogP contribution is -2.27. The molecule has 3 aromatic heterocycles. The first-order valence-corrected chi connectivity index (χ1v) is 10.7. The molecule has 1 aliphatic rings. The predicted octanol–water partition coefficient (Wildman–Crippen LogP) is 2.64. The highest BCUT2D eigenvalue weighted by atomic mass is 32.2. The van der Waals surface area contributed by atoms with Crippen molar-refractivity contribution in [3.05, 3.63) is 28.6 Å². The van der Waals surface area contributed by atoms with E-state index in [0.29, 0.717) is 13.1 Å². The van der Waals surface area contributed by atoms with Crippen LogP contribution in [0.15, 0.2) is 28.9 Å². The molecule has 7 nitrogen and oxygen atoms in total. The minimum Gasteiger partial charge on any atom is -0.356 e. The molecule has 0 spiro atoms. The largest absolute Gasteiger partial charge is 0.356 e. The fourth-order valence-electron chi connectivity index (χ4n) is 3.12. The Hall–Kier alpha value is -2.13. The minimum atomic E-state index is -0.0475. The lowest BCUT2D eigenvalue weighted by molar-refractivity contribution is 0.0956. The van der Waals surface area contributed by atoms with E-state index in [0.717, 1.165) is 40.0 Å². The highest BCUT2D eigenvalue weighted by molar-refractivity contribution is 7.98. The molecule has 26 heavy (non-hydrogen) atoms. The number of nitrogens with zero attached hydrogens (tertiary/aromatic N) is 5. The molecule has 1 aliphatic heterocycles. The molecule has 0 unspecified atom stereocenters. The number of carbonyl (C=O) groups excluding carboxylic acids is 1. The van der Waals surface area contributed by atoms with Gasteiger partial charge in [0.25, 0.3) is 5.91 Å². The van der Waals surface area contributed by atoms with Crippen molar-refractivity contribution >= 4 is 45.9 Å². The number of hydrogen-bond donors (Lipinski definition) is 1. The molecule has 1 fully saturated rings. The zero-order chi connectivity index (χ0) is 17.9. The smallest absolute Gasteiger partial charge is 0.261 e. The van der Waals surface area contributed by atoms with Gasteiger partial charge in [0.2, 0.25) is 0 Å².